The normalized spacial score (nSPS) is 18.3. The molecular weight excluding hydrogens is 441 g/mol. The van der Waals surface area contributed by atoms with Crippen molar-refractivity contribution in [3.05, 3.63) is 46.9 Å². The number of nitrogens with one attached hydrogen (secondary N) is 2. The Morgan fingerprint density at radius 3 is 2.91 bits per heavy atom. The molecule has 10 heteroatoms. The van der Waals surface area contributed by atoms with Gasteiger partial charge in [0.15, 0.2) is 5.82 Å². The molecule has 1 fully saturated rings. The van der Waals surface area contributed by atoms with Crippen LogP contribution in [-0.4, -0.2) is 40.5 Å². The van der Waals surface area contributed by atoms with Crippen LogP contribution < -0.4 is 10.2 Å². The van der Waals surface area contributed by atoms with Gasteiger partial charge >= 0.3 is 0 Å². The van der Waals surface area contributed by atoms with Crippen LogP contribution in [-0.2, 0) is 6.42 Å². The lowest BCUT2D eigenvalue weighted by Gasteiger charge is -2.22. The standard InChI is InChI=1S/C22H22ClF3N6/c23-16-13-14(1-2-17(16)24)4-9-29-21-30-18-5-10-28-19(18)20(31-21)32-11-6-15(3-8-27)22(25,26)7-12-32/h1-2,5,10,13,15,28H,3-4,6-7,9,11-12H2,(H,29,30,31). The summed E-state index contributed by atoms with van der Waals surface area (Å²) in [6.07, 6.45) is 2.02. The Hall–Kier alpha value is -2.99. The largest absolute Gasteiger partial charge is 0.357 e. The van der Waals surface area contributed by atoms with Gasteiger partial charge in [0.05, 0.1) is 16.6 Å². The number of anilines is 2. The number of aromatic nitrogens is 3. The van der Waals surface area contributed by atoms with Crippen molar-refractivity contribution in [3.8, 4) is 6.07 Å². The molecule has 3 heterocycles. The summed E-state index contributed by atoms with van der Waals surface area (Å²) < 4.78 is 42.2. The molecule has 1 saturated heterocycles. The van der Waals surface area contributed by atoms with E-state index < -0.39 is 17.7 Å². The molecule has 3 aromatic rings. The molecule has 2 N–H and O–H groups in total. The minimum Gasteiger partial charge on any atom is -0.357 e. The molecule has 1 unspecified atom stereocenters. The number of hydrogen-bond acceptors (Lipinski definition) is 5. The molecule has 1 aliphatic heterocycles. The number of aromatic amines is 1. The lowest BCUT2D eigenvalue weighted by atomic mass is 9.94. The molecule has 4 rings (SSSR count). The minimum absolute atomic E-state index is 0.0717. The summed E-state index contributed by atoms with van der Waals surface area (Å²) in [5, 5.41) is 12.1. The third kappa shape index (κ3) is 4.75. The number of H-pyrrole nitrogens is 1. The Morgan fingerprint density at radius 2 is 2.12 bits per heavy atom. The molecule has 0 radical (unpaired) electrons. The van der Waals surface area contributed by atoms with Gasteiger partial charge < -0.3 is 15.2 Å². The van der Waals surface area contributed by atoms with Gasteiger partial charge in [0.25, 0.3) is 5.92 Å². The molecule has 0 saturated carbocycles. The van der Waals surface area contributed by atoms with E-state index in [2.05, 4.69) is 20.3 Å². The van der Waals surface area contributed by atoms with E-state index in [0.29, 0.717) is 42.3 Å². The highest BCUT2D eigenvalue weighted by Gasteiger charge is 2.41. The number of nitrogens with zero attached hydrogens (tertiary/aromatic N) is 4. The first-order valence-electron chi connectivity index (χ1n) is 10.4. The van der Waals surface area contributed by atoms with Crippen LogP contribution in [0.15, 0.2) is 30.5 Å². The van der Waals surface area contributed by atoms with E-state index in [-0.39, 0.29) is 30.8 Å². The second kappa shape index (κ2) is 9.25. The summed E-state index contributed by atoms with van der Waals surface area (Å²) in [5.74, 6) is -3.37. The molecule has 0 amide bonds. The average Bonchev–Trinajstić information content (AvgIpc) is 3.18. The number of alkyl halides is 2. The van der Waals surface area contributed by atoms with Gasteiger partial charge in [-0.2, -0.15) is 10.2 Å². The van der Waals surface area contributed by atoms with Gasteiger partial charge in [-0.15, -0.1) is 0 Å². The van der Waals surface area contributed by atoms with Gasteiger partial charge in [-0.25, -0.2) is 18.2 Å². The fraction of sp³-hybridized carbons (Fsp3) is 0.409. The molecule has 0 spiro atoms. The highest BCUT2D eigenvalue weighted by Crippen LogP contribution is 2.37. The summed E-state index contributed by atoms with van der Waals surface area (Å²) >= 11 is 5.83. The topological polar surface area (TPSA) is 80.6 Å². The fourth-order valence-corrected chi connectivity index (χ4v) is 4.15. The maximum Gasteiger partial charge on any atom is 0.253 e. The van der Waals surface area contributed by atoms with Crippen LogP contribution in [0.5, 0.6) is 0 Å². The Kier molecular flexibility index (Phi) is 6.42. The number of halogens is 4. The number of rotatable bonds is 6. The number of nitriles is 1. The minimum atomic E-state index is -2.89. The van der Waals surface area contributed by atoms with Gasteiger partial charge in [-0.05, 0) is 36.6 Å². The van der Waals surface area contributed by atoms with Crippen LogP contribution in [0, 0.1) is 23.1 Å². The second-order valence-electron chi connectivity index (χ2n) is 7.88. The van der Waals surface area contributed by atoms with E-state index in [1.165, 1.54) is 6.07 Å². The molecule has 1 aromatic carbocycles. The molecule has 32 heavy (non-hydrogen) atoms. The maximum absolute atomic E-state index is 14.5. The zero-order valence-electron chi connectivity index (χ0n) is 17.2. The van der Waals surface area contributed by atoms with Crippen molar-refractivity contribution < 1.29 is 13.2 Å². The molecule has 1 aliphatic rings. The van der Waals surface area contributed by atoms with E-state index in [1.54, 1.807) is 24.4 Å². The summed E-state index contributed by atoms with van der Waals surface area (Å²) in [6.45, 7) is 0.994. The second-order valence-corrected chi connectivity index (χ2v) is 8.29. The van der Waals surface area contributed by atoms with Gasteiger partial charge in [0, 0.05) is 44.6 Å². The van der Waals surface area contributed by atoms with Crippen LogP contribution in [0.2, 0.25) is 5.02 Å². The van der Waals surface area contributed by atoms with Gasteiger partial charge in [-0.1, -0.05) is 17.7 Å². The van der Waals surface area contributed by atoms with Crippen molar-refractivity contribution in [2.75, 3.05) is 29.9 Å². The SMILES string of the molecule is N#CCC1CCN(c2nc(NCCc3ccc(F)c(Cl)c3)nc3cc[nH]c23)CCC1(F)F. The molecule has 0 aliphatic carbocycles. The Labute approximate surface area is 188 Å². The van der Waals surface area contributed by atoms with Gasteiger partial charge in [0.2, 0.25) is 5.95 Å². The zero-order valence-corrected chi connectivity index (χ0v) is 18.0. The molecule has 168 valence electrons. The molecular formula is C22H22ClF3N6. The lowest BCUT2D eigenvalue weighted by Crippen LogP contribution is -2.28. The van der Waals surface area contributed by atoms with Crippen LogP contribution >= 0.6 is 11.6 Å². The monoisotopic (exact) mass is 462 g/mol. The predicted octanol–water partition coefficient (Wildman–Crippen LogP) is 5.17. The van der Waals surface area contributed by atoms with Crippen molar-refractivity contribution in [3.63, 3.8) is 0 Å². The van der Waals surface area contributed by atoms with Crippen molar-refractivity contribution in [2.45, 2.75) is 31.6 Å². The maximum atomic E-state index is 14.5. The molecule has 6 nitrogen and oxygen atoms in total. The average molecular weight is 463 g/mol. The van der Waals surface area contributed by atoms with E-state index in [9.17, 15) is 13.2 Å². The van der Waals surface area contributed by atoms with Crippen LogP contribution in [0.4, 0.5) is 24.9 Å². The summed E-state index contributed by atoms with van der Waals surface area (Å²) in [7, 11) is 0. The first-order valence-corrected chi connectivity index (χ1v) is 10.8. The number of benzene rings is 1. The quantitative estimate of drug-likeness (QED) is 0.528. The first kappa shape index (κ1) is 22.2. The molecule has 1 atom stereocenters. The Balaban J connectivity index is 1.51. The summed E-state index contributed by atoms with van der Waals surface area (Å²) in [4.78, 5) is 14.0. The lowest BCUT2D eigenvalue weighted by molar-refractivity contribution is -0.0584. The Morgan fingerprint density at radius 1 is 1.28 bits per heavy atom. The smallest absolute Gasteiger partial charge is 0.253 e. The third-order valence-electron chi connectivity index (χ3n) is 5.76. The van der Waals surface area contributed by atoms with E-state index >= 15 is 0 Å². The zero-order chi connectivity index (χ0) is 22.7. The van der Waals surface area contributed by atoms with Gasteiger partial charge in [0.1, 0.15) is 11.3 Å². The first-order chi connectivity index (χ1) is 15.4. The number of fused-ring (bicyclic) bond motifs is 1. The van der Waals surface area contributed by atoms with Crippen LogP contribution in [0.25, 0.3) is 11.0 Å². The predicted molar refractivity (Wildman–Crippen MR) is 118 cm³/mol. The van der Waals surface area contributed by atoms with Crippen LogP contribution in [0.1, 0.15) is 24.8 Å². The van der Waals surface area contributed by atoms with E-state index in [4.69, 9.17) is 16.9 Å². The molecule has 0 bridgehead atoms. The molecule has 2 aromatic heterocycles. The third-order valence-corrected chi connectivity index (χ3v) is 6.05. The van der Waals surface area contributed by atoms with E-state index in [0.717, 1.165) is 5.56 Å². The summed E-state index contributed by atoms with van der Waals surface area (Å²) in [6, 6.07) is 8.26. The van der Waals surface area contributed by atoms with Crippen molar-refractivity contribution in [2.24, 2.45) is 5.92 Å². The van der Waals surface area contributed by atoms with Gasteiger partial charge in [-0.3, -0.25) is 0 Å². The number of hydrogen-bond donors (Lipinski definition) is 2. The summed E-state index contributed by atoms with van der Waals surface area (Å²) in [5.41, 5.74) is 2.22. The van der Waals surface area contributed by atoms with Crippen molar-refractivity contribution in [1.82, 2.24) is 15.0 Å². The highest BCUT2D eigenvalue weighted by atomic mass is 35.5. The Bertz CT molecular complexity index is 1140. The van der Waals surface area contributed by atoms with E-state index in [1.807, 2.05) is 11.0 Å². The fourth-order valence-electron chi connectivity index (χ4n) is 3.95. The van der Waals surface area contributed by atoms with Crippen molar-refractivity contribution in [1.29, 1.82) is 5.26 Å². The highest BCUT2D eigenvalue weighted by molar-refractivity contribution is 6.30. The van der Waals surface area contributed by atoms with Crippen molar-refractivity contribution >= 4 is 34.4 Å². The van der Waals surface area contributed by atoms with Crippen LogP contribution in [0.3, 0.4) is 0 Å².